The molecular formula is C21H34NO6P. The van der Waals surface area contributed by atoms with Crippen LogP contribution in [0.5, 0.6) is 5.75 Å². The van der Waals surface area contributed by atoms with Gasteiger partial charge in [0, 0.05) is 0 Å². The maximum atomic E-state index is 13.5. The summed E-state index contributed by atoms with van der Waals surface area (Å²) in [5.41, 5.74) is -0.220. The van der Waals surface area contributed by atoms with E-state index in [1.54, 1.807) is 26.0 Å². The van der Waals surface area contributed by atoms with Crippen molar-refractivity contribution >= 4 is 19.2 Å². The molecule has 0 aliphatic carbocycles. The standard InChI is InChI=1S/C21H34NO6P/c1-14(2)12-13-26-21(24)29(25,22-17(7)20(23)27-16(5)6)28-19-11-9-8-10-18(19)15(3)4/h8-11,14-17H,12-13H2,1-7H3,(H,22,25). The zero-order chi connectivity index (χ0) is 22.2. The van der Waals surface area contributed by atoms with E-state index in [1.807, 2.05) is 39.8 Å². The molecule has 0 fully saturated rings. The molecular weight excluding hydrogens is 393 g/mol. The number of para-hydroxylation sites is 1. The molecule has 1 aromatic rings. The molecule has 0 saturated carbocycles. The number of hydrogen-bond donors (Lipinski definition) is 1. The Morgan fingerprint density at radius 1 is 1.03 bits per heavy atom. The van der Waals surface area contributed by atoms with Crippen LogP contribution in [-0.4, -0.2) is 30.4 Å². The van der Waals surface area contributed by atoms with Crippen LogP contribution in [0.15, 0.2) is 24.3 Å². The number of nitrogens with one attached hydrogen (secondary N) is 1. The maximum Gasteiger partial charge on any atom is 0.424 e. The van der Waals surface area contributed by atoms with Gasteiger partial charge in [-0.25, -0.2) is 14.4 Å². The second-order valence-electron chi connectivity index (χ2n) is 7.97. The van der Waals surface area contributed by atoms with Gasteiger partial charge in [-0.3, -0.25) is 4.79 Å². The van der Waals surface area contributed by atoms with Crippen molar-refractivity contribution in [1.29, 1.82) is 0 Å². The Kier molecular flexibility index (Phi) is 9.87. The first-order valence-electron chi connectivity index (χ1n) is 10.0. The smallest absolute Gasteiger partial charge is 0.424 e. The highest BCUT2D eigenvalue weighted by Gasteiger charge is 2.41. The Balaban J connectivity index is 3.12. The van der Waals surface area contributed by atoms with E-state index in [2.05, 4.69) is 5.09 Å². The normalized spacial score (nSPS) is 14.6. The number of carbonyl (C=O) groups is 2. The minimum Gasteiger partial charge on any atom is -0.462 e. The van der Waals surface area contributed by atoms with Gasteiger partial charge >= 0.3 is 19.2 Å². The Bertz CT molecular complexity index is 732. The molecule has 0 aliphatic rings. The summed E-state index contributed by atoms with van der Waals surface area (Å²) in [5.74, 6) is 0.0807. The van der Waals surface area contributed by atoms with E-state index in [-0.39, 0.29) is 18.6 Å². The molecule has 29 heavy (non-hydrogen) atoms. The molecule has 1 N–H and O–H groups in total. The molecule has 2 atom stereocenters. The summed E-state index contributed by atoms with van der Waals surface area (Å²) in [6, 6.07) is 6.02. The van der Waals surface area contributed by atoms with Gasteiger partial charge in [-0.05, 0) is 50.7 Å². The molecule has 0 radical (unpaired) electrons. The van der Waals surface area contributed by atoms with Crippen LogP contribution in [-0.2, 0) is 18.8 Å². The van der Waals surface area contributed by atoms with E-state index in [0.717, 1.165) is 5.56 Å². The number of rotatable bonds is 11. The molecule has 0 aromatic heterocycles. The van der Waals surface area contributed by atoms with Crippen molar-refractivity contribution in [2.24, 2.45) is 5.92 Å². The van der Waals surface area contributed by atoms with Crippen molar-refractivity contribution in [1.82, 2.24) is 5.09 Å². The number of ether oxygens (including phenoxy) is 2. The van der Waals surface area contributed by atoms with Crippen LogP contribution in [0.4, 0.5) is 4.79 Å². The topological polar surface area (TPSA) is 90.9 Å². The molecule has 0 heterocycles. The Labute approximate surface area is 174 Å². The van der Waals surface area contributed by atoms with E-state index in [1.165, 1.54) is 6.92 Å². The van der Waals surface area contributed by atoms with Crippen LogP contribution in [0.2, 0.25) is 0 Å². The predicted octanol–water partition coefficient (Wildman–Crippen LogP) is 5.49. The quantitative estimate of drug-likeness (QED) is 0.368. The first-order chi connectivity index (χ1) is 13.5. The van der Waals surface area contributed by atoms with Crippen LogP contribution in [0.3, 0.4) is 0 Å². The van der Waals surface area contributed by atoms with Gasteiger partial charge in [0.25, 0.3) is 0 Å². The zero-order valence-electron chi connectivity index (χ0n) is 18.4. The lowest BCUT2D eigenvalue weighted by Gasteiger charge is -2.24. The van der Waals surface area contributed by atoms with E-state index in [0.29, 0.717) is 18.1 Å². The molecule has 0 bridgehead atoms. The summed E-state index contributed by atoms with van der Waals surface area (Å²) < 4.78 is 29.6. The minimum atomic E-state index is -4.22. The maximum absolute atomic E-state index is 13.5. The summed E-state index contributed by atoms with van der Waals surface area (Å²) >= 11 is 0. The molecule has 2 unspecified atom stereocenters. The largest absolute Gasteiger partial charge is 0.462 e. The Morgan fingerprint density at radius 3 is 2.21 bits per heavy atom. The summed E-state index contributed by atoms with van der Waals surface area (Å²) in [6.45, 7) is 12.9. The second-order valence-corrected chi connectivity index (χ2v) is 9.88. The monoisotopic (exact) mass is 427 g/mol. The highest BCUT2D eigenvalue weighted by molar-refractivity contribution is 7.74. The van der Waals surface area contributed by atoms with Gasteiger partial charge in [-0.1, -0.05) is 45.9 Å². The van der Waals surface area contributed by atoms with Gasteiger partial charge < -0.3 is 14.0 Å². The van der Waals surface area contributed by atoms with E-state index >= 15 is 0 Å². The van der Waals surface area contributed by atoms with Gasteiger partial charge in [-0.2, -0.15) is 0 Å². The summed E-state index contributed by atoms with van der Waals surface area (Å²) in [7, 11) is -4.22. The lowest BCUT2D eigenvalue weighted by molar-refractivity contribution is -0.149. The van der Waals surface area contributed by atoms with Crippen molar-refractivity contribution in [3.63, 3.8) is 0 Å². The highest BCUT2D eigenvalue weighted by atomic mass is 31.2. The van der Waals surface area contributed by atoms with E-state index < -0.39 is 25.2 Å². The molecule has 0 spiro atoms. The zero-order valence-corrected chi connectivity index (χ0v) is 19.3. The molecule has 8 heteroatoms. The van der Waals surface area contributed by atoms with E-state index in [4.69, 9.17) is 14.0 Å². The third-order valence-corrected chi connectivity index (χ3v) is 5.79. The molecule has 7 nitrogen and oxygen atoms in total. The van der Waals surface area contributed by atoms with Crippen molar-refractivity contribution in [3.05, 3.63) is 29.8 Å². The number of hydrogen-bond acceptors (Lipinski definition) is 6. The first-order valence-corrected chi connectivity index (χ1v) is 11.6. The van der Waals surface area contributed by atoms with Crippen LogP contribution in [0, 0.1) is 5.92 Å². The first kappa shape index (κ1) is 25.2. The fourth-order valence-corrected chi connectivity index (χ4v) is 3.96. The number of esters is 1. The van der Waals surface area contributed by atoms with E-state index in [9.17, 15) is 14.2 Å². The lowest BCUT2D eigenvalue weighted by atomic mass is 10.0. The second kappa shape index (κ2) is 11.4. The third kappa shape index (κ3) is 8.19. The molecule has 1 aromatic carbocycles. The molecule has 1 rings (SSSR count). The van der Waals surface area contributed by atoms with Crippen LogP contribution >= 0.6 is 7.52 Å². The van der Waals surface area contributed by atoms with Crippen LogP contribution < -0.4 is 9.61 Å². The van der Waals surface area contributed by atoms with Gasteiger partial charge in [0.15, 0.2) is 0 Å². The summed E-state index contributed by atoms with van der Waals surface area (Å²) in [6.07, 6.45) is 0.283. The van der Waals surface area contributed by atoms with Crippen LogP contribution in [0.1, 0.15) is 66.4 Å². The third-order valence-electron chi connectivity index (χ3n) is 4.00. The van der Waals surface area contributed by atoms with Crippen molar-refractivity contribution < 1.29 is 28.2 Å². The van der Waals surface area contributed by atoms with Crippen molar-refractivity contribution in [2.45, 2.75) is 73.0 Å². The Morgan fingerprint density at radius 2 is 1.66 bits per heavy atom. The van der Waals surface area contributed by atoms with Crippen LogP contribution in [0.25, 0.3) is 0 Å². The van der Waals surface area contributed by atoms with Crippen molar-refractivity contribution in [2.75, 3.05) is 6.61 Å². The molecule has 0 saturated heterocycles. The summed E-state index contributed by atoms with van der Waals surface area (Å²) in [5, 5.41) is 2.54. The van der Waals surface area contributed by atoms with Gasteiger partial charge in [0.2, 0.25) is 0 Å². The van der Waals surface area contributed by atoms with Gasteiger partial charge in [0.05, 0.1) is 12.7 Å². The fraction of sp³-hybridized carbons (Fsp3) is 0.619. The average molecular weight is 427 g/mol. The minimum absolute atomic E-state index is 0.0833. The lowest BCUT2D eigenvalue weighted by Crippen LogP contribution is -2.37. The highest BCUT2D eigenvalue weighted by Crippen LogP contribution is 2.47. The molecule has 0 amide bonds. The SMILES string of the molecule is CC(C)CCOC(=O)P(=O)(NC(C)C(=O)OC(C)C)Oc1ccccc1C(C)C. The summed E-state index contributed by atoms with van der Waals surface area (Å²) in [4.78, 5) is 24.9. The van der Waals surface area contributed by atoms with Crippen molar-refractivity contribution in [3.8, 4) is 5.75 Å². The number of carbonyl (C=O) groups excluding carboxylic acids is 2. The average Bonchev–Trinajstić information content (AvgIpc) is 2.60. The number of benzene rings is 1. The molecule has 164 valence electrons. The van der Waals surface area contributed by atoms with Gasteiger partial charge in [-0.15, -0.1) is 0 Å². The van der Waals surface area contributed by atoms with Gasteiger partial charge in [0.1, 0.15) is 11.8 Å². The molecule has 0 aliphatic heterocycles. The fourth-order valence-electron chi connectivity index (χ4n) is 2.40. The Hall–Kier alpha value is -1.85. The predicted molar refractivity (Wildman–Crippen MR) is 113 cm³/mol.